The van der Waals surface area contributed by atoms with Crippen LogP contribution in [0.5, 0.6) is 0 Å². The predicted molar refractivity (Wildman–Crippen MR) is 263 cm³/mol. The Kier molecular flexibility index (Phi) is 8.81. The van der Waals surface area contributed by atoms with Crippen molar-refractivity contribution in [1.29, 1.82) is 5.26 Å². The van der Waals surface area contributed by atoms with E-state index in [0.29, 0.717) is 11.4 Å². The van der Waals surface area contributed by atoms with E-state index in [1.807, 2.05) is 36.4 Å². The molecule has 0 radical (unpaired) electrons. The van der Waals surface area contributed by atoms with Crippen LogP contribution < -0.4 is 0 Å². The lowest BCUT2D eigenvalue weighted by Gasteiger charge is -2.20. The number of benzene rings is 9. The molecule has 64 heavy (non-hydrogen) atoms. The van der Waals surface area contributed by atoms with Crippen LogP contribution in [0.3, 0.4) is 0 Å². The average molecular weight is 816 g/mol. The summed E-state index contributed by atoms with van der Waals surface area (Å²) in [5, 5.41) is 14.2. The summed E-state index contributed by atoms with van der Waals surface area (Å²) in [4.78, 5) is 10.6. The average Bonchev–Trinajstić information content (AvgIpc) is 3.89. The highest BCUT2D eigenvalue weighted by Gasteiger charge is 2.22. The Hall–Kier alpha value is -8.85. The van der Waals surface area contributed by atoms with Gasteiger partial charge in [0.15, 0.2) is 5.82 Å². The topological polar surface area (TPSA) is 59.4 Å². The first-order chi connectivity index (χ1) is 31.7. The number of nitrogens with zero attached hydrogens (tertiary/aromatic N) is 5. The molecule has 0 spiro atoms. The van der Waals surface area contributed by atoms with Gasteiger partial charge >= 0.3 is 0 Å². The third kappa shape index (κ3) is 6.16. The minimum absolute atomic E-state index is 0.645. The molecule has 0 saturated carbocycles. The van der Waals surface area contributed by atoms with Crippen LogP contribution >= 0.6 is 0 Å². The molecule has 3 aromatic heterocycles. The molecule has 0 saturated heterocycles. The van der Waals surface area contributed by atoms with E-state index < -0.39 is 0 Å². The van der Waals surface area contributed by atoms with Crippen LogP contribution in [0.1, 0.15) is 5.56 Å². The molecule has 0 aliphatic rings. The highest BCUT2D eigenvalue weighted by atomic mass is 15.0. The first-order valence-electron chi connectivity index (χ1n) is 21.5. The Morgan fingerprint density at radius 1 is 0.328 bits per heavy atom. The number of fused-ring (bicyclic) bond motifs is 6. The third-order valence-electron chi connectivity index (χ3n) is 12.4. The predicted octanol–water partition coefficient (Wildman–Crippen LogP) is 14.9. The van der Waals surface area contributed by atoms with Crippen molar-refractivity contribution in [2.45, 2.75) is 0 Å². The summed E-state index contributed by atoms with van der Waals surface area (Å²) in [5.74, 6) is 0.650. The Balaban J connectivity index is 1.14. The Bertz CT molecular complexity index is 3670. The molecule has 0 fully saturated rings. The fourth-order valence-corrected chi connectivity index (χ4v) is 9.40. The van der Waals surface area contributed by atoms with Crippen molar-refractivity contribution >= 4 is 43.6 Å². The minimum atomic E-state index is 0.645. The van der Waals surface area contributed by atoms with E-state index in [4.69, 9.17) is 9.97 Å². The van der Waals surface area contributed by atoms with Crippen LogP contribution in [0.4, 0.5) is 0 Å². The summed E-state index contributed by atoms with van der Waals surface area (Å²) < 4.78 is 4.82. The fourth-order valence-electron chi connectivity index (χ4n) is 9.40. The molecule has 0 unspecified atom stereocenters. The maximum atomic E-state index is 9.48. The van der Waals surface area contributed by atoms with E-state index >= 15 is 0 Å². The van der Waals surface area contributed by atoms with Crippen molar-refractivity contribution < 1.29 is 0 Å². The molecule has 9 aromatic carbocycles. The van der Waals surface area contributed by atoms with E-state index in [1.54, 1.807) is 0 Å². The van der Waals surface area contributed by atoms with Gasteiger partial charge in [-0.3, -0.25) is 0 Å². The molecule has 0 atom stereocenters. The molecule has 298 valence electrons. The van der Waals surface area contributed by atoms with Gasteiger partial charge in [0, 0.05) is 49.4 Å². The standard InChI is InChI=1S/C59H37N5/c60-38-39-27-29-40(30-28-39)43-31-33-57-49(35-43)47-21-9-14-26-56(47)64(57)58-34-32-44(59-61-51(41-15-3-1-4-16-41)37-52(62-59)42-17-5-2-6-18-42)36-50(58)48-22-10-13-25-55(48)63-53-23-11-7-19-45(53)46-20-8-12-24-54(46)63/h1-37H. The molecular weight excluding hydrogens is 779 g/mol. The van der Waals surface area contributed by atoms with Crippen LogP contribution in [0.25, 0.3) is 111 Å². The SMILES string of the molecule is N#Cc1ccc(-c2ccc3c(c2)c2ccccc2n3-c2ccc(-c3nc(-c4ccccc4)cc(-c4ccccc4)n3)cc2-c2ccccc2-n2c3ccccc3c3ccccc32)cc1. The lowest BCUT2D eigenvalue weighted by atomic mass is 9.97. The second-order valence-electron chi connectivity index (χ2n) is 16.1. The van der Waals surface area contributed by atoms with E-state index in [9.17, 15) is 5.26 Å². The molecule has 5 heteroatoms. The lowest BCUT2D eigenvalue weighted by molar-refractivity contribution is 1.15. The third-order valence-corrected chi connectivity index (χ3v) is 12.4. The van der Waals surface area contributed by atoms with Crippen molar-refractivity contribution in [3.63, 3.8) is 0 Å². The van der Waals surface area contributed by atoms with Crippen molar-refractivity contribution in [2.24, 2.45) is 0 Å². The number of rotatable bonds is 7. The van der Waals surface area contributed by atoms with E-state index in [1.165, 1.54) is 10.8 Å². The minimum Gasteiger partial charge on any atom is -0.309 e. The molecule has 0 N–H and O–H groups in total. The normalized spacial score (nSPS) is 11.4. The zero-order chi connectivity index (χ0) is 42.6. The van der Waals surface area contributed by atoms with Gasteiger partial charge in [-0.2, -0.15) is 5.26 Å². The van der Waals surface area contributed by atoms with Gasteiger partial charge in [-0.25, -0.2) is 9.97 Å². The second-order valence-corrected chi connectivity index (χ2v) is 16.1. The van der Waals surface area contributed by atoms with Crippen LogP contribution in [0.15, 0.2) is 224 Å². The zero-order valence-corrected chi connectivity index (χ0v) is 34.6. The van der Waals surface area contributed by atoms with E-state index in [-0.39, 0.29) is 0 Å². The van der Waals surface area contributed by atoms with Gasteiger partial charge in [0.1, 0.15) is 0 Å². The van der Waals surface area contributed by atoms with Gasteiger partial charge in [0.05, 0.1) is 56.5 Å². The summed E-state index contributed by atoms with van der Waals surface area (Å²) >= 11 is 0. The van der Waals surface area contributed by atoms with Crippen LogP contribution in [-0.4, -0.2) is 19.1 Å². The number of hydrogen-bond acceptors (Lipinski definition) is 3. The first kappa shape index (κ1) is 37.0. The summed E-state index contributed by atoms with van der Waals surface area (Å²) in [7, 11) is 0. The Labute approximate surface area is 370 Å². The van der Waals surface area contributed by atoms with E-state index in [0.717, 1.165) is 94.5 Å². The maximum Gasteiger partial charge on any atom is 0.160 e. The number of hydrogen-bond donors (Lipinski definition) is 0. The molecular formula is C59H37N5. The summed E-state index contributed by atoms with van der Waals surface area (Å²) in [5.41, 5.74) is 16.2. The Morgan fingerprint density at radius 3 is 1.39 bits per heavy atom. The highest BCUT2D eigenvalue weighted by Crippen LogP contribution is 2.43. The summed E-state index contributed by atoms with van der Waals surface area (Å²) in [6, 6.07) is 81.0. The maximum absolute atomic E-state index is 9.48. The molecule has 5 nitrogen and oxygen atoms in total. The van der Waals surface area contributed by atoms with Gasteiger partial charge in [-0.05, 0) is 83.9 Å². The molecule has 0 bridgehead atoms. The van der Waals surface area contributed by atoms with E-state index in [2.05, 4.69) is 203 Å². The molecule has 12 rings (SSSR count). The smallest absolute Gasteiger partial charge is 0.160 e. The number of para-hydroxylation sites is 4. The quantitative estimate of drug-likeness (QED) is 0.161. The van der Waals surface area contributed by atoms with Crippen LogP contribution in [0.2, 0.25) is 0 Å². The van der Waals surface area contributed by atoms with Gasteiger partial charge in [-0.15, -0.1) is 0 Å². The highest BCUT2D eigenvalue weighted by molar-refractivity contribution is 6.12. The summed E-state index contributed by atoms with van der Waals surface area (Å²) in [6.07, 6.45) is 0. The Morgan fingerprint density at radius 2 is 0.797 bits per heavy atom. The van der Waals surface area contributed by atoms with Gasteiger partial charge in [0.25, 0.3) is 0 Å². The molecule has 12 aromatic rings. The van der Waals surface area contributed by atoms with Gasteiger partial charge < -0.3 is 9.13 Å². The molecule has 0 aliphatic carbocycles. The van der Waals surface area contributed by atoms with Crippen molar-refractivity contribution in [1.82, 2.24) is 19.1 Å². The first-order valence-corrected chi connectivity index (χ1v) is 21.5. The number of nitriles is 1. The van der Waals surface area contributed by atoms with Crippen molar-refractivity contribution in [3.8, 4) is 73.6 Å². The van der Waals surface area contributed by atoms with Crippen LogP contribution in [-0.2, 0) is 0 Å². The molecule has 0 amide bonds. The number of aromatic nitrogens is 4. The van der Waals surface area contributed by atoms with Gasteiger partial charge in [0.2, 0.25) is 0 Å². The zero-order valence-electron chi connectivity index (χ0n) is 34.6. The fraction of sp³-hybridized carbons (Fsp3) is 0. The largest absolute Gasteiger partial charge is 0.309 e. The van der Waals surface area contributed by atoms with Gasteiger partial charge in [-0.1, -0.05) is 152 Å². The monoisotopic (exact) mass is 815 g/mol. The lowest BCUT2D eigenvalue weighted by Crippen LogP contribution is -2.02. The van der Waals surface area contributed by atoms with Crippen LogP contribution in [0, 0.1) is 11.3 Å². The molecule has 0 aliphatic heterocycles. The van der Waals surface area contributed by atoms with Crippen molar-refractivity contribution in [2.75, 3.05) is 0 Å². The summed E-state index contributed by atoms with van der Waals surface area (Å²) in [6.45, 7) is 0. The second kappa shape index (κ2) is 15.3. The molecule has 3 heterocycles. The van der Waals surface area contributed by atoms with Crippen molar-refractivity contribution in [3.05, 3.63) is 230 Å².